The Kier molecular flexibility index (Phi) is 4.53. The Morgan fingerprint density at radius 3 is 1.86 bits per heavy atom. The smallest absolute Gasteiger partial charge is 0.203 e. The Balaban J connectivity index is 0.00000169. The molecule has 1 fully saturated rings. The van der Waals surface area contributed by atoms with Gasteiger partial charge in [-0.2, -0.15) is 0 Å². The third kappa shape index (κ3) is 1.71. The molecule has 0 saturated carbocycles. The molecule has 71 valence electrons. The van der Waals surface area contributed by atoms with E-state index in [1.165, 1.54) is 18.8 Å². The van der Waals surface area contributed by atoms with Crippen molar-refractivity contribution >= 4 is 32.4 Å². The summed E-state index contributed by atoms with van der Waals surface area (Å²) in [6.45, 7) is 1.43. The SMILES string of the molecule is CC(=C=O)[Si]1C(=C=O)C(=O)C1=C=O.[Os]. The molecule has 0 aromatic carbocycles. The van der Waals surface area contributed by atoms with Gasteiger partial charge in [-0.25, -0.2) is 14.4 Å². The molecule has 0 aromatic rings. The molecule has 0 spiro atoms. The molecular weight excluding hydrogens is 378 g/mol. The number of rotatable bonds is 1. The first kappa shape index (κ1) is 12.9. The first-order valence-electron chi connectivity index (χ1n) is 3.32. The van der Waals surface area contributed by atoms with E-state index in [0.29, 0.717) is 0 Å². The van der Waals surface area contributed by atoms with E-state index in [9.17, 15) is 19.2 Å². The number of allylic oxidation sites excluding steroid dienone is 3. The second-order valence-electron chi connectivity index (χ2n) is 2.39. The van der Waals surface area contributed by atoms with E-state index < -0.39 is 14.6 Å². The fraction of sp³-hybridized carbons (Fsp3) is 0.125. The number of hydrogen-bond donors (Lipinski definition) is 0. The van der Waals surface area contributed by atoms with Crippen LogP contribution in [0.15, 0.2) is 15.6 Å². The number of carbonyl (C=O) groups excluding carboxylic acids is 4. The van der Waals surface area contributed by atoms with Gasteiger partial charge in [-0.15, -0.1) is 0 Å². The van der Waals surface area contributed by atoms with Gasteiger partial charge in [-0.05, 0) is 6.92 Å². The normalized spacial score (nSPS) is 14.5. The van der Waals surface area contributed by atoms with Crippen LogP contribution in [-0.2, 0) is 39.0 Å². The number of carbonyl (C=O) groups is 1. The molecular formula is C8H3O4OsSi. The van der Waals surface area contributed by atoms with Crippen molar-refractivity contribution in [2.45, 2.75) is 6.92 Å². The van der Waals surface area contributed by atoms with Crippen LogP contribution in [0.1, 0.15) is 6.92 Å². The Hall–Kier alpha value is -1.13. The Bertz CT molecular complexity index is 406. The van der Waals surface area contributed by atoms with Gasteiger partial charge in [-0.3, -0.25) is 4.79 Å². The quantitative estimate of drug-likeness (QED) is 0.331. The van der Waals surface area contributed by atoms with E-state index in [0.717, 1.165) is 0 Å². The molecule has 0 aliphatic carbocycles. The first-order valence-corrected chi connectivity index (χ1v) is 4.82. The van der Waals surface area contributed by atoms with Crippen molar-refractivity contribution in [2.75, 3.05) is 0 Å². The molecule has 1 radical (unpaired) electrons. The standard InChI is InChI=1S/C8H3O4Si.Os/c1-5(2-9)13-6(3-10)8(12)7(13)4-11;/h1H3;. The molecule has 1 saturated heterocycles. The maximum absolute atomic E-state index is 10.9. The average molecular weight is 381 g/mol. The minimum atomic E-state index is -1.87. The summed E-state index contributed by atoms with van der Waals surface area (Å²) < 4.78 is 0. The summed E-state index contributed by atoms with van der Waals surface area (Å²) in [6.07, 6.45) is 0. The largest absolute Gasteiger partial charge is 0.289 e. The minimum Gasteiger partial charge on any atom is -0.289 e. The zero-order valence-electron chi connectivity index (χ0n) is 6.99. The Morgan fingerprint density at radius 1 is 1.14 bits per heavy atom. The molecule has 1 aliphatic heterocycles. The fourth-order valence-corrected chi connectivity index (χ4v) is 2.86. The molecule has 1 heterocycles. The van der Waals surface area contributed by atoms with Crippen LogP contribution in [-0.4, -0.2) is 32.4 Å². The Morgan fingerprint density at radius 2 is 1.57 bits per heavy atom. The van der Waals surface area contributed by atoms with E-state index in [2.05, 4.69) is 0 Å². The molecule has 1 rings (SSSR count). The van der Waals surface area contributed by atoms with E-state index in [1.54, 1.807) is 5.94 Å². The first-order chi connectivity index (χ1) is 6.17. The summed E-state index contributed by atoms with van der Waals surface area (Å²) in [5.74, 6) is 3.83. The molecule has 0 N–H and O–H groups in total. The molecule has 0 aromatic heterocycles. The summed E-state index contributed by atoms with van der Waals surface area (Å²) in [4.78, 5) is 41.7. The van der Waals surface area contributed by atoms with E-state index in [-0.39, 0.29) is 35.4 Å². The predicted molar refractivity (Wildman–Crippen MR) is 44.1 cm³/mol. The fourth-order valence-electron chi connectivity index (χ4n) is 1.04. The van der Waals surface area contributed by atoms with Gasteiger partial charge in [0, 0.05) is 25.0 Å². The average Bonchev–Trinajstić information content (AvgIpc) is 2.14. The molecule has 0 amide bonds. The van der Waals surface area contributed by atoms with Crippen LogP contribution in [0.2, 0.25) is 0 Å². The molecule has 14 heavy (non-hydrogen) atoms. The number of Topliss-reactive ketones (excluding diaryl/α,β-unsaturated/α-hetero) is 1. The topological polar surface area (TPSA) is 68.3 Å². The van der Waals surface area contributed by atoms with Crippen LogP contribution in [0.25, 0.3) is 0 Å². The van der Waals surface area contributed by atoms with Crippen molar-refractivity contribution in [1.82, 2.24) is 0 Å². The Labute approximate surface area is 94.0 Å². The number of ketones is 1. The number of hydrogen-bond acceptors (Lipinski definition) is 4. The van der Waals surface area contributed by atoms with E-state index >= 15 is 0 Å². The molecule has 6 heteroatoms. The predicted octanol–water partition coefficient (Wildman–Crippen LogP) is -1.03. The molecule has 0 atom stereocenters. The summed E-state index contributed by atoms with van der Waals surface area (Å²) in [5, 5.41) is 0.0368. The molecule has 1 aliphatic rings. The van der Waals surface area contributed by atoms with Gasteiger partial charge in [0.05, 0.1) is 10.4 Å². The van der Waals surface area contributed by atoms with Gasteiger partial charge in [0.1, 0.15) is 17.8 Å². The molecule has 0 unspecified atom stereocenters. The summed E-state index contributed by atoms with van der Waals surface area (Å²) in [5.41, 5.74) is 0. The van der Waals surface area contributed by atoms with Gasteiger partial charge >= 0.3 is 0 Å². The monoisotopic (exact) mass is 383 g/mol. The minimum absolute atomic E-state index is 0. The summed E-state index contributed by atoms with van der Waals surface area (Å²) in [7, 11) is -1.87. The third-order valence-corrected chi connectivity index (χ3v) is 4.20. The third-order valence-electron chi connectivity index (χ3n) is 1.69. The van der Waals surface area contributed by atoms with Crippen molar-refractivity contribution < 1.29 is 39.0 Å². The summed E-state index contributed by atoms with van der Waals surface area (Å²) >= 11 is 0. The van der Waals surface area contributed by atoms with Crippen LogP contribution >= 0.6 is 0 Å². The zero-order valence-corrected chi connectivity index (χ0v) is 10.5. The molecule has 0 bridgehead atoms. The van der Waals surface area contributed by atoms with Crippen LogP contribution in [0.5, 0.6) is 0 Å². The maximum Gasteiger partial charge on any atom is 0.203 e. The van der Waals surface area contributed by atoms with Gasteiger partial charge in [-0.1, -0.05) is 0 Å². The van der Waals surface area contributed by atoms with Crippen LogP contribution in [0.4, 0.5) is 0 Å². The van der Waals surface area contributed by atoms with Crippen molar-refractivity contribution in [3.8, 4) is 0 Å². The van der Waals surface area contributed by atoms with Crippen molar-refractivity contribution in [3.63, 3.8) is 0 Å². The van der Waals surface area contributed by atoms with Crippen molar-refractivity contribution in [2.24, 2.45) is 0 Å². The second-order valence-corrected chi connectivity index (χ2v) is 4.89. The van der Waals surface area contributed by atoms with Gasteiger partial charge in [0.15, 0.2) is 5.78 Å². The summed E-state index contributed by atoms with van der Waals surface area (Å²) in [6, 6.07) is 0. The van der Waals surface area contributed by atoms with Crippen LogP contribution < -0.4 is 0 Å². The van der Waals surface area contributed by atoms with Crippen molar-refractivity contribution in [1.29, 1.82) is 0 Å². The second kappa shape index (κ2) is 4.93. The zero-order chi connectivity index (χ0) is 10.0. The van der Waals surface area contributed by atoms with Crippen LogP contribution in [0, 0.1) is 0 Å². The van der Waals surface area contributed by atoms with Crippen molar-refractivity contribution in [3.05, 3.63) is 15.6 Å². The van der Waals surface area contributed by atoms with Crippen LogP contribution in [0.3, 0.4) is 0 Å². The maximum atomic E-state index is 10.9. The molecule has 4 nitrogen and oxygen atoms in total. The van der Waals surface area contributed by atoms with E-state index in [1.807, 2.05) is 0 Å². The van der Waals surface area contributed by atoms with Gasteiger partial charge in [0.25, 0.3) is 0 Å². The van der Waals surface area contributed by atoms with Gasteiger partial charge < -0.3 is 0 Å². The van der Waals surface area contributed by atoms with Gasteiger partial charge in [0.2, 0.25) is 8.80 Å². The van der Waals surface area contributed by atoms with E-state index in [4.69, 9.17) is 0 Å².